The highest BCUT2D eigenvalue weighted by Crippen LogP contribution is 1.80. The molecule has 2 N–H and O–H groups in total. The van der Waals surface area contributed by atoms with Gasteiger partial charge in [0, 0.05) is 40.3 Å². The number of ether oxygens (including phenoxy) is 1. The number of hydrogen-bond acceptors (Lipinski definition) is 3. The summed E-state index contributed by atoms with van der Waals surface area (Å²) < 4.78 is 4.96. The summed E-state index contributed by atoms with van der Waals surface area (Å²) >= 11 is 0. The normalized spacial score (nSPS) is 12.3. The predicted molar refractivity (Wildman–Crippen MR) is 56.4 cm³/mol. The number of methoxy groups -OCH3 is 1. The van der Waals surface area contributed by atoms with Crippen molar-refractivity contribution in [3.8, 4) is 0 Å². The molecule has 14 heavy (non-hydrogen) atoms. The Kier molecular flexibility index (Phi) is 7.14. The van der Waals surface area contributed by atoms with E-state index in [1.165, 1.54) is 4.90 Å². The number of carbonyl (C=O) groups is 1. The smallest absolute Gasteiger partial charge is 0.316 e. The second kappa shape index (κ2) is 7.58. The van der Waals surface area contributed by atoms with E-state index >= 15 is 0 Å². The Balaban J connectivity index is 3.33. The van der Waals surface area contributed by atoms with E-state index in [-0.39, 0.29) is 6.03 Å². The summed E-state index contributed by atoms with van der Waals surface area (Å²) in [6.07, 6.45) is 0. The summed E-state index contributed by atoms with van der Waals surface area (Å²) in [7, 11) is 5.11. The van der Waals surface area contributed by atoms with Crippen LogP contribution in [0.15, 0.2) is 0 Å². The van der Waals surface area contributed by atoms with Gasteiger partial charge >= 0.3 is 6.03 Å². The molecule has 5 heteroatoms. The molecule has 0 aromatic heterocycles. The van der Waals surface area contributed by atoms with E-state index in [4.69, 9.17) is 4.74 Å². The molecule has 0 radical (unpaired) electrons. The summed E-state index contributed by atoms with van der Waals surface area (Å²) in [5.74, 6) is 0. The first-order valence-corrected chi connectivity index (χ1v) is 4.75. The third-order valence-corrected chi connectivity index (χ3v) is 1.72. The molecule has 0 saturated carbocycles. The van der Waals surface area contributed by atoms with Crippen molar-refractivity contribution in [2.75, 3.05) is 40.9 Å². The maximum Gasteiger partial charge on any atom is 0.316 e. The van der Waals surface area contributed by atoms with Crippen molar-refractivity contribution in [1.82, 2.24) is 15.5 Å². The fraction of sp³-hybridized carbons (Fsp3) is 0.889. The molecule has 84 valence electrons. The molecule has 5 nitrogen and oxygen atoms in total. The van der Waals surface area contributed by atoms with Crippen LogP contribution in [0.1, 0.15) is 6.92 Å². The van der Waals surface area contributed by atoms with Gasteiger partial charge in [0.15, 0.2) is 0 Å². The lowest BCUT2D eigenvalue weighted by Gasteiger charge is -2.14. The Morgan fingerprint density at radius 2 is 2.07 bits per heavy atom. The highest BCUT2D eigenvalue weighted by molar-refractivity contribution is 5.73. The van der Waals surface area contributed by atoms with Crippen LogP contribution in [0.2, 0.25) is 0 Å². The minimum atomic E-state index is -0.0637. The van der Waals surface area contributed by atoms with Gasteiger partial charge in [0.2, 0.25) is 0 Å². The lowest BCUT2D eigenvalue weighted by Crippen LogP contribution is -2.41. The average molecular weight is 203 g/mol. The monoisotopic (exact) mass is 203 g/mol. The number of urea groups is 1. The van der Waals surface area contributed by atoms with Gasteiger partial charge in [0.05, 0.1) is 6.61 Å². The van der Waals surface area contributed by atoms with Gasteiger partial charge in [-0.05, 0) is 6.92 Å². The van der Waals surface area contributed by atoms with Crippen molar-refractivity contribution < 1.29 is 9.53 Å². The molecule has 0 aliphatic rings. The first-order valence-electron chi connectivity index (χ1n) is 4.75. The molecule has 0 rings (SSSR count). The van der Waals surface area contributed by atoms with Crippen molar-refractivity contribution in [2.24, 2.45) is 0 Å². The lowest BCUT2D eigenvalue weighted by atomic mass is 10.3. The van der Waals surface area contributed by atoms with Gasteiger partial charge in [-0.25, -0.2) is 4.79 Å². The van der Waals surface area contributed by atoms with Gasteiger partial charge in [0.1, 0.15) is 0 Å². The predicted octanol–water partition coefficient (Wildman–Crippen LogP) is -0.118. The average Bonchev–Trinajstić information content (AvgIpc) is 2.12. The number of nitrogens with one attached hydrogen (secondary N) is 2. The third-order valence-electron chi connectivity index (χ3n) is 1.72. The summed E-state index contributed by atoms with van der Waals surface area (Å²) in [4.78, 5) is 12.6. The van der Waals surface area contributed by atoms with Crippen molar-refractivity contribution >= 4 is 6.03 Å². The second-order valence-corrected chi connectivity index (χ2v) is 3.44. The Morgan fingerprint density at radius 3 is 2.57 bits per heavy atom. The number of hydrogen-bond donors (Lipinski definition) is 2. The van der Waals surface area contributed by atoms with E-state index in [1.54, 1.807) is 21.2 Å². The Bertz CT molecular complexity index is 162. The van der Waals surface area contributed by atoms with Crippen molar-refractivity contribution in [3.63, 3.8) is 0 Å². The van der Waals surface area contributed by atoms with Crippen LogP contribution in [0.25, 0.3) is 0 Å². The van der Waals surface area contributed by atoms with Crippen molar-refractivity contribution in [2.45, 2.75) is 13.0 Å². The molecule has 0 aromatic rings. The molecular formula is C9H21N3O2. The maximum atomic E-state index is 11.1. The Morgan fingerprint density at radius 1 is 1.43 bits per heavy atom. The Labute approximate surface area is 85.8 Å². The summed E-state index contributed by atoms with van der Waals surface area (Å²) in [6, 6.07) is 0.252. The quantitative estimate of drug-likeness (QED) is 0.592. The maximum absolute atomic E-state index is 11.1. The van der Waals surface area contributed by atoms with Crippen LogP contribution >= 0.6 is 0 Å². The van der Waals surface area contributed by atoms with E-state index in [0.29, 0.717) is 19.2 Å². The third kappa shape index (κ3) is 6.68. The zero-order valence-corrected chi connectivity index (χ0v) is 9.46. The summed E-state index contributed by atoms with van der Waals surface area (Å²) in [6.45, 7) is 4.11. The first kappa shape index (κ1) is 13.2. The molecule has 0 saturated heterocycles. The van der Waals surface area contributed by atoms with Gasteiger partial charge in [-0.15, -0.1) is 0 Å². The fourth-order valence-electron chi connectivity index (χ4n) is 0.955. The van der Waals surface area contributed by atoms with Crippen LogP contribution in [0.4, 0.5) is 4.79 Å². The molecule has 0 spiro atoms. The summed E-state index contributed by atoms with van der Waals surface area (Å²) in [5, 5.41) is 5.98. The fourth-order valence-corrected chi connectivity index (χ4v) is 0.955. The molecule has 0 aliphatic carbocycles. The van der Waals surface area contributed by atoms with E-state index in [2.05, 4.69) is 10.6 Å². The number of amides is 2. The molecule has 0 aliphatic heterocycles. The Hall–Kier alpha value is -0.810. The zero-order chi connectivity index (χ0) is 11.0. The summed E-state index contributed by atoms with van der Waals surface area (Å²) in [5.41, 5.74) is 0. The van der Waals surface area contributed by atoms with Crippen LogP contribution in [0, 0.1) is 0 Å². The largest absolute Gasteiger partial charge is 0.383 e. The van der Waals surface area contributed by atoms with E-state index < -0.39 is 0 Å². The minimum absolute atomic E-state index is 0.0637. The molecule has 0 bridgehead atoms. The highest BCUT2D eigenvalue weighted by atomic mass is 16.5. The minimum Gasteiger partial charge on any atom is -0.383 e. The molecule has 0 heterocycles. The van der Waals surface area contributed by atoms with Gasteiger partial charge in [-0.2, -0.15) is 0 Å². The van der Waals surface area contributed by atoms with Crippen LogP contribution in [-0.4, -0.2) is 57.9 Å². The van der Waals surface area contributed by atoms with Crippen molar-refractivity contribution in [1.29, 1.82) is 0 Å². The molecule has 2 amide bonds. The van der Waals surface area contributed by atoms with Crippen molar-refractivity contribution in [3.05, 3.63) is 0 Å². The topological polar surface area (TPSA) is 53.6 Å². The van der Waals surface area contributed by atoms with Gasteiger partial charge in [-0.1, -0.05) is 0 Å². The van der Waals surface area contributed by atoms with Gasteiger partial charge in [0.25, 0.3) is 0 Å². The lowest BCUT2D eigenvalue weighted by molar-refractivity contribution is 0.172. The van der Waals surface area contributed by atoms with Crippen LogP contribution in [0.3, 0.4) is 0 Å². The molecular weight excluding hydrogens is 182 g/mol. The zero-order valence-electron chi connectivity index (χ0n) is 9.46. The van der Waals surface area contributed by atoms with Gasteiger partial charge < -0.3 is 20.3 Å². The SMILES string of the molecule is COCC(C)NCCNC(=O)N(C)C. The number of rotatable bonds is 6. The van der Waals surface area contributed by atoms with Gasteiger partial charge in [-0.3, -0.25) is 0 Å². The highest BCUT2D eigenvalue weighted by Gasteiger charge is 2.02. The van der Waals surface area contributed by atoms with Crippen LogP contribution in [0.5, 0.6) is 0 Å². The van der Waals surface area contributed by atoms with Crippen LogP contribution in [-0.2, 0) is 4.74 Å². The molecule has 0 fully saturated rings. The van der Waals surface area contributed by atoms with Crippen LogP contribution < -0.4 is 10.6 Å². The first-order chi connectivity index (χ1) is 6.57. The standard InChI is InChI=1S/C9H21N3O2/c1-8(7-14-4)10-5-6-11-9(13)12(2)3/h8,10H,5-7H2,1-4H3,(H,11,13). The number of carbonyl (C=O) groups excluding carboxylic acids is 1. The van der Waals surface area contributed by atoms with E-state index in [9.17, 15) is 4.79 Å². The molecule has 0 aromatic carbocycles. The number of nitrogens with zero attached hydrogens (tertiary/aromatic N) is 1. The van der Waals surface area contributed by atoms with E-state index in [1.807, 2.05) is 6.92 Å². The molecule has 1 unspecified atom stereocenters. The second-order valence-electron chi connectivity index (χ2n) is 3.44. The molecule has 1 atom stereocenters. The van der Waals surface area contributed by atoms with E-state index in [0.717, 1.165) is 6.54 Å².